The van der Waals surface area contributed by atoms with Gasteiger partial charge in [-0.1, -0.05) is 12.1 Å². The van der Waals surface area contributed by atoms with Crippen molar-refractivity contribution in [1.82, 2.24) is 10.2 Å². The molecule has 2 heterocycles. The minimum absolute atomic E-state index is 0.305. The van der Waals surface area contributed by atoms with Crippen LogP contribution in [-0.4, -0.2) is 55.9 Å². The van der Waals surface area contributed by atoms with E-state index in [4.69, 9.17) is 4.42 Å². The highest BCUT2D eigenvalue weighted by Crippen LogP contribution is 2.41. The van der Waals surface area contributed by atoms with Crippen molar-refractivity contribution in [1.29, 1.82) is 0 Å². The number of carbonyl (C=O) groups excluding carboxylic acids is 2. The van der Waals surface area contributed by atoms with Crippen LogP contribution in [-0.2, 0) is 0 Å². The number of benzene rings is 3. The summed E-state index contributed by atoms with van der Waals surface area (Å²) in [5.41, 5.74) is 3.93. The summed E-state index contributed by atoms with van der Waals surface area (Å²) in [5.74, 6) is -3.76. The Hall–Kier alpha value is -4.27. The maximum absolute atomic E-state index is 13.6. The molecule has 202 valence electrons. The van der Waals surface area contributed by atoms with Crippen LogP contribution in [0.3, 0.4) is 0 Å². The lowest BCUT2D eigenvalue weighted by atomic mass is 9.96. The number of furan rings is 1. The third-order valence-electron chi connectivity index (χ3n) is 7.02. The summed E-state index contributed by atoms with van der Waals surface area (Å²) in [5, 5.41) is 3.22. The van der Waals surface area contributed by atoms with E-state index in [-0.39, 0.29) is 5.91 Å². The molecule has 1 aromatic heterocycles. The largest absolute Gasteiger partial charge is 0.455 e. The van der Waals surface area contributed by atoms with Gasteiger partial charge in [0.15, 0.2) is 0 Å². The lowest BCUT2D eigenvalue weighted by Crippen LogP contribution is -2.58. The number of carbonyl (C=O) groups is 2. The molecule has 0 bridgehead atoms. The first-order chi connectivity index (χ1) is 18.7. The van der Waals surface area contributed by atoms with Crippen molar-refractivity contribution >= 4 is 28.5 Å². The van der Waals surface area contributed by atoms with Crippen molar-refractivity contribution in [3.05, 3.63) is 77.6 Å². The molecule has 39 heavy (non-hydrogen) atoms. The molecule has 0 spiro atoms. The number of anilines is 1. The molecule has 1 fully saturated rings. The van der Waals surface area contributed by atoms with Gasteiger partial charge in [-0.25, -0.2) is 13.2 Å². The van der Waals surface area contributed by atoms with Gasteiger partial charge in [0.2, 0.25) is 0 Å². The zero-order valence-corrected chi connectivity index (χ0v) is 21.9. The number of hydrogen-bond acceptors (Lipinski definition) is 4. The predicted molar refractivity (Wildman–Crippen MR) is 145 cm³/mol. The van der Waals surface area contributed by atoms with Crippen molar-refractivity contribution in [2.24, 2.45) is 0 Å². The molecule has 3 aromatic carbocycles. The van der Waals surface area contributed by atoms with Gasteiger partial charge in [0, 0.05) is 54.0 Å². The molecule has 1 saturated heterocycles. The van der Waals surface area contributed by atoms with E-state index >= 15 is 0 Å². The Balaban J connectivity index is 1.69. The summed E-state index contributed by atoms with van der Waals surface area (Å²) in [4.78, 5) is 29.2. The number of hydrogen-bond donors (Lipinski definition) is 1. The average molecular weight is 536 g/mol. The van der Waals surface area contributed by atoms with Crippen LogP contribution in [0.15, 0.2) is 65.1 Å². The number of halogens is 3. The van der Waals surface area contributed by atoms with E-state index in [2.05, 4.69) is 10.2 Å². The summed E-state index contributed by atoms with van der Waals surface area (Å²) in [7, 11) is 1.52. The molecule has 0 unspecified atom stereocenters. The minimum Gasteiger partial charge on any atom is -0.455 e. The summed E-state index contributed by atoms with van der Waals surface area (Å²) in [6.07, 6.45) is 0. The highest BCUT2D eigenvalue weighted by molar-refractivity contribution is 6.13. The van der Waals surface area contributed by atoms with E-state index < -0.39 is 30.7 Å². The molecule has 0 atom stereocenters. The lowest BCUT2D eigenvalue weighted by molar-refractivity contribution is -0.113. The molecule has 1 aliphatic heterocycles. The topological polar surface area (TPSA) is 65.8 Å². The van der Waals surface area contributed by atoms with Crippen molar-refractivity contribution in [3.8, 4) is 22.5 Å². The second-order valence-corrected chi connectivity index (χ2v) is 9.53. The normalized spacial score (nSPS) is 14.3. The van der Waals surface area contributed by atoms with Crippen LogP contribution in [0.25, 0.3) is 33.4 Å². The van der Waals surface area contributed by atoms with Gasteiger partial charge in [-0.2, -0.15) is 0 Å². The van der Waals surface area contributed by atoms with E-state index in [1.165, 1.54) is 19.2 Å². The molecule has 0 aliphatic carbocycles. The van der Waals surface area contributed by atoms with Gasteiger partial charge in [-0.15, -0.1) is 0 Å². The monoisotopic (exact) mass is 535 g/mol. The van der Waals surface area contributed by atoms with E-state index in [0.717, 1.165) is 16.2 Å². The maximum atomic E-state index is 13.6. The maximum Gasteiger partial charge on any atom is 0.282 e. The molecule has 9 heteroatoms. The van der Waals surface area contributed by atoms with Gasteiger partial charge in [-0.05, 0) is 61.9 Å². The van der Waals surface area contributed by atoms with Gasteiger partial charge in [0.25, 0.3) is 17.7 Å². The van der Waals surface area contributed by atoms with Crippen LogP contribution < -0.4 is 10.2 Å². The first-order valence-corrected chi connectivity index (χ1v) is 12.8. The van der Waals surface area contributed by atoms with E-state index in [9.17, 15) is 22.8 Å². The quantitative estimate of drug-likeness (QED) is 0.306. The van der Waals surface area contributed by atoms with Crippen molar-refractivity contribution in [3.63, 3.8) is 0 Å². The fourth-order valence-corrected chi connectivity index (χ4v) is 5.00. The number of rotatable bonds is 7. The first kappa shape index (κ1) is 26.3. The lowest BCUT2D eigenvalue weighted by Gasteiger charge is -2.38. The SMILES string of the molecule is CCN(CC)c1cc2oc(-c3ccc(F)cc3)c(C(=O)NC)c2cc1-c1cccc(C(=O)N2CC(F)(F)C2)c1. The second-order valence-electron chi connectivity index (χ2n) is 9.53. The third-order valence-corrected chi connectivity index (χ3v) is 7.02. The number of likely N-dealkylation sites (tertiary alicyclic amines) is 1. The highest BCUT2D eigenvalue weighted by Gasteiger charge is 2.46. The van der Waals surface area contributed by atoms with E-state index in [1.54, 1.807) is 30.3 Å². The molecule has 4 aromatic rings. The molecule has 6 nitrogen and oxygen atoms in total. The van der Waals surface area contributed by atoms with E-state index in [1.807, 2.05) is 32.0 Å². The number of amides is 2. The van der Waals surface area contributed by atoms with Crippen LogP contribution >= 0.6 is 0 Å². The van der Waals surface area contributed by atoms with E-state index in [0.29, 0.717) is 52.1 Å². The molecule has 1 aliphatic rings. The Bertz CT molecular complexity index is 1550. The Morgan fingerprint density at radius 3 is 2.31 bits per heavy atom. The zero-order valence-electron chi connectivity index (χ0n) is 21.9. The zero-order chi connectivity index (χ0) is 27.9. The summed E-state index contributed by atoms with van der Waals surface area (Å²) < 4.78 is 46.6. The molecule has 1 N–H and O–H groups in total. The van der Waals surface area contributed by atoms with Crippen LogP contribution in [0, 0.1) is 5.82 Å². The smallest absolute Gasteiger partial charge is 0.282 e. The molecular weight excluding hydrogens is 507 g/mol. The summed E-state index contributed by atoms with van der Waals surface area (Å²) >= 11 is 0. The number of nitrogens with one attached hydrogen (secondary N) is 1. The van der Waals surface area contributed by atoms with Crippen LogP contribution in [0.2, 0.25) is 0 Å². The second kappa shape index (κ2) is 10.1. The predicted octanol–water partition coefficient (Wildman–Crippen LogP) is 6.20. The first-order valence-electron chi connectivity index (χ1n) is 12.8. The standard InChI is InChI=1S/C30H28F3N3O3/c1-4-35(5-2)24-15-25-23(26(28(37)34-3)27(39-25)18-9-11-21(31)12-10-18)14-22(24)19-7-6-8-20(13-19)29(38)36-16-30(32,33)17-36/h6-15H,4-5,16-17H2,1-3H3,(H,34,37). The average Bonchev–Trinajstić information content (AvgIpc) is 3.30. The molecule has 5 rings (SSSR count). The molecule has 0 saturated carbocycles. The van der Waals surface area contributed by atoms with Crippen molar-refractivity contribution < 1.29 is 27.2 Å². The minimum atomic E-state index is -2.85. The Morgan fingerprint density at radius 1 is 1.00 bits per heavy atom. The fraction of sp³-hybridized carbons (Fsp3) is 0.267. The Kier molecular flexibility index (Phi) is 6.84. The molecular formula is C30H28F3N3O3. The van der Waals surface area contributed by atoms with Crippen LogP contribution in [0.5, 0.6) is 0 Å². The third kappa shape index (κ3) is 4.84. The summed E-state index contributed by atoms with van der Waals surface area (Å²) in [6, 6.07) is 16.3. The Labute approximate surface area is 224 Å². The molecule has 0 radical (unpaired) electrons. The number of alkyl halides is 2. The van der Waals surface area contributed by atoms with Gasteiger partial charge in [0.1, 0.15) is 17.2 Å². The van der Waals surface area contributed by atoms with Crippen LogP contribution in [0.1, 0.15) is 34.6 Å². The van der Waals surface area contributed by atoms with Crippen LogP contribution in [0.4, 0.5) is 18.9 Å². The van der Waals surface area contributed by atoms with Gasteiger partial charge in [0.05, 0.1) is 18.7 Å². The van der Waals surface area contributed by atoms with Crippen molar-refractivity contribution in [2.75, 3.05) is 38.1 Å². The highest BCUT2D eigenvalue weighted by atomic mass is 19.3. The number of fused-ring (bicyclic) bond motifs is 1. The molecule has 2 amide bonds. The Morgan fingerprint density at radius 2 is 1.69 bits per heavy atom. The van der Waals surface area contributed by atoms with Gasteiger partial charge < -0.3 is 19.5 Å². The van der Waals surface area contributed by atoms with Gasteiger partial charge in [-0.3, -0.25) is 9.59 Å². The number of nitrogens with zero attached hydrogens (tertiary/aromatic N) is 2. The van der Waals surface area contributed by atoms with Crippen molar-refractivity contribution in [2.45, 2.75) is 19.8 Å². The van der Waals surface area contributed by atoms with Gasteiger partial charge >= 0.3 is 0 Å². The summed E-state index contributed by atoms with van der Waals surface area (Å²) in [6.45, 7) is 4.22. The fourth-order valence-electron chi connectivity index (χ4n) is 5.00.